The van der Waals surface area contributed by atoms with Crippen LogP contribution in [0.25, 0.3) is 0 Å². The molecule has 1 heterocycles. The molecule has 0 aromatic carbocycles. The molecule has 7 heteroatoms. The molecule has 1 aromatic heterocycles. The van der Waals surface area contributed by atoms with Crippen molar-refractivity contribution in [3.05, 3.63) is 5.82 Å². The van der Waals surface area contributed by atoms with Crippen molar-refractivity contribution >= 4 is 23.5 Å². The molecule has 4 saturated carbocycles. The minimum Gasteiger partial charge on any atom is -0.370 e. The van der Waals surface area contributed by atoms with E-state index < -0.39 is 0 Å². The normalized spacial score (nSPS) is 32.1. The van der Waals surface area contributed by atoms with Gasteiger partial charge in [0.15, 0.2) is 5.16 Å². The van der Waals surface area contributed by atoms with Gasteiger partial charge in [-0.05, 0) is 63.2 Å². The number of carbonyl (C=O) groups is 2. The van der Waals surface area contributed by atoms with Gasteiger partial charge < -0.3 is 10.3 Å². The van der Waals surface area contributed by atoms with Crippen molar-refractivity contribution < 1.29 is 9.59 Å². The van der Waals surface area contributed by atoms with Gasteiger partial charge in [-0.25, -0.2) is 0 Å². The number of hydrogen-bond donors (Lipinski definition) is 1. The van der Waals surface area contributed by atoms with E-state index in [1.54, 1.807) is 0 Å². The molecule has 4 aliphatic carbocycles. The molecule has 5 rings (SSSR count). The van der Waals surface area contributed by atoms with Gasteiger partial charge in [0.1, 0.15) is 11.6 Å². The highest BCUT2D eigenvalue weighted by Crippen LogP contribution is 2.60. The number of carbonyl (C=O) groups excluding carboxylic acids is 2. The van der Waals surface area contributed by atoms with Gasteiger partial charge in [-0.1, -0.05) is 11.8 Å². The van der Waals surface area contributed by atoms with E-state index in [1.165, 1.54) is 31.0 Å². The largest absolute Gasteiger partial charge is 0.370 e. The molecule has 0 atom stereocenters. The third-order valence-corrected chi connectivity index (χ3v) is 7.63. The zero-order valence-corrected chi connectivity index (χ0v) is 16.3. The molecule has 4 aliphatic rings. The van der Waals surface area contributed by atoms with Crippen LogP contribution in [0.15, 0.2) is 5.16 Å². The minimum atomic E-state index is -0.332. The van der Waals surface area contributed by atoms with Gasteiger partial charge in [0, 0.05) is 24.8 Å². The number of nitrogens with zero attached hydrogens (tertiary/aromatic N) is 3. The first-order valence-electron chi connectivity index (χ1n) is 9.85. The van der Waals surface area contributed by atoms with Gasteiger partial charge in [-0.15, -0.1) is 10.2 Å². The molecule has 0 spiro atoms. The Kier molecular flexibility index (Phi) is 4.84. The van der Waals surface area contributed by atoms with Crippen LogP contribution >= 0.6 is 11.8 Å². The highest BCUT2D eigenvalue weighted by molar-refractivity contribution is 7.99. The van der Waals surface area contributed by atoms with Crippen molar-refractivity contribution in [1.82, 2.24) is 14.8 Å². The van der Waals surface area contributed by atoms with E-state index in [9.17, 15) is 9.59 Å². The summed E-state index contributed by atoms with van der Waals surface area (Å²) in [6.45, 7) is 2.76. The predicted molar refractivity (Wildman–Crippen MR) is 99.5 cm³/mol. The van der Waals surface area contributed by atoms with Crippen molar-refractivity contribution in [2.24, 2.45) is 28.9 Å². The van der Waals surface area contributed by atoms with E-state index >= 15 is 0 Å². The molecule has 142 valence electrons. The fraction of sp³-hybridized carbons (Fsp3) is 0.789. The van der Waals surface area contributed by atoms with Crippen molar-refractivity contribution in [1.29, 1.82) is 0 Å². The topological polar surface area (TPSA) is 90.9 Å². The number of thioether (sulfide) groups is 1. The van der Waals surface area contributed by atoms with Gasteiger partial charge in [-0.2, -0.15) is 0 Å². The average molecular weight is 377 g/mol. The smallest absolute Gasteiger partial charge is 0.217 e. The molecule has 26 heavy (non-hydrogen) atoms. The highest BCUT2D eigenvalue weighted by Gasteiger charge is 2.54. The molecule has 0 aliphatic heterocycles. The van der Waals surface area contributed by atoms with E-state index in [0.29, 0.717) is 18.0 Å². The van der Waals surface area contributed by atoms with E-state index in [-0.39, 0.29) is 17.7 Å². The number of aromatic nitrogens is 3. The maximum Gasteiger partial charge on any atom is 0.217 e. The second kappa shape index (κ2) is 6.98. The summed E-state index contributed by atoms with van der Waals surface area (Å²) in [4.78, 5) is 24.2. The van der Waals surface area contributed by atoms with Crippen LogP contribution in [0, 0.1) is 23.2 Å². The molecule has 6 nitrogen and oxygen atoms in total. The summed E-state index contributed by atoms with van der Waals surface area (Å²) < 4.78 is 2.00. The Morgan fingerprint density at radius 3 is 2.31 bits per heavy atom. The molecule has 0 unspecified atom stereocenters. The number of ketones is 1. The van der Waals surface area contributed by atoms with E-state index in [4.69, 9.17) is 5.73 Å². The predicted octanol–water partition coefficient (Wildman–Crippen LogP) is 2.59. The van der Waals surface area contributed by atoms with Crippen LogP contribution < -0.4 is 5.73 Å². The van der Waals surface area contributed by atoms with Gasteiger partial charge in [-0.3, -0.25) is 9.59 Å². The molecule has 0 radical (unpaired) electrons. The van der Waals surface area contributed by atoms with Crippen LogP contribution in [0.1, 0.15) is 57.7 Å². The van der Waals surface area contributed by atoms with Crippen LogP contribution in [0.3, 0.4) is 0 Å². The van der Waals surface area contributed by atoms with Crippen molar-refractivity contribution in [3.8, 4) is 0 Å². The standard InChI is InChI=1S/C19H28N4O2S/c1-2-23-17(4-3-16(20)25)21-22-18(23)26-11-15(24)19-8-12-5-13(9-19)7-14(6-12)10-19/h12-14H,2-11H2,1H3,(H2,20,25). The van der Waals surface area contributed by atoms with Crippen LogP contribution in [0.5, 0.6) is 0 Å². The first kappa shape index (κ1) is 18.0. The Labute approximate surface area is 158 Å². The summed E-state index contributed by atoms with van der Waals surface area (Å²) in [5.41, 5.74) is 5.19. The van der Waals surface area contributed by atoms with Crippen LogP contribution in [-0.2, 0) is 22.6 Å². The van der Waals surface area contributed by atoms with E-state index in [2.05, 4.69) is 10.2 Å². The summed E-state index contributed by atoms with van der Waals surface area (Å²) in [6.07, 6.45) is 8.18. The molecule has 1 aromatic rings. The monoisotopic (exact) mass is 376 g/mol. The maximum atomic E-state index is 13.2. The Morgan fingerprint density at radius 2 is 1.77 bits per heavy atom. The Morgan fingerprint density at radius 1 is 1.15 bits per heavy atom. The van der Waals surface area contributed by atoms with Crippen LogP contribution in [0.4, 0.5) is 0 Å². The van der Waals surface area contributed by atoms with Crippen molar-refractivity contribution in [2.75, 3.05) is 5.75 Å². The summed E-state index contributed by atoms with van der Waals surface area (Å²) in [5, 5.41) is 9.24. The van der Waals surface area contributed by atoms with Crippen molar-refractivity contribution in [2.45, 2.75) is 70.0 Å². The average Bonchev–Trinajstić information content (AvgIpc) is 2.98. The highest BCUT2D eigenvalue weighted by atomic mass is 32.2. The lowest BCUT2D eigenvalue weighted by Gasteiger charge is -2.56. The number of Topliss-reactive ketones (excluding diaryl/α,β-unsaturated/α-hetero) is 1. The van der Waals surface area contributed by atoms with Crippen LogP contribution in [0.2, 0.25) is 0 Å². The number of amides is 1. The first-order chi connectivity index (χ1) is 12.5. The number of rotatable bonds is 8. The lowest BCUT2D eigenvalue weighted by Crippen LogP contribution is -2.50. The molecular weight excluding hydrogens is 348 g/mol. The van der Waals surface area contributed by atoms with Gasteiger partial charge >= 0.3 is 0 Å². The maximum absolute atomic E-state index is 13.2. The number of primary amides is 1. The van der Waals surface area contributed by atoms with Crippen molar-refractivity contribution in [3.63, 3.8) is 0 Å². The molecular formula is C19H28N4O2S. The molecule has 0 saturated heterocycles. The Balaban J connectivity index is 1.41. The summed E-state index contributed by atoms with van der Waals surface area (Å²) in [7, 11) is 0. The summed E-state index contributed by atoms with van der Waals surface area (Å²) >= 11 is 1.51. The zero-order chi connectivity index (χ0) is 18.3. The van der Waals surface area contributed by atoms with Crippen LogP contribution in [-0.4, -0.2) is 32.2 Å². The third kappa shape index (κ3) is 3.30. The fourth-order valence-electron chi connectivity index (χ4n) is 5.90. The zero-order valence-electron chi connectivity index (χ0n) is 15.4. The second-order valence-corrected chi connectivity index (χ2v) is 9.46. The lowest BCUT2D eigenvalue weighted by molar-refractivity contribution is -0.141. The number of nitrogens with two attached hydrogens (primary N) is 1. The molecule has 1 amide bonds. The SMILES string of the molecule is CCn1c(CCC(N)=O)nnc1SCC(=O)C12CC3CC(CC(C3)C1)C2. The van der Waals surface area contributed by atoms with Gasteiger partial charge in [0.25, 0.3) is 0 Å². The van der Waals surface area contributed by atoms with Gasteiger partial charge in [0.05, 0.1) is 5.75 Å². The molecule has 4 bridgehead atoms. The minimum absolute atomic E-state index is 0.0480. The Bertz CT molecular complexity index is 679. The number of hydrogen-bond acceptors (Lipinski definition) is 5. The number of aryl methyl sites for hydroxylation is 1. The van der Waals surface area contributed by atoms with E-state index in [0.717, 1.165) is 54.5 Å². The Hall–Kier alpha value is -1.37. The second-order valence-electron chi connectivity index (χ2n) is 8.52. The van der Waals surface area contributed by atoms with E-state index in [1.807, 2.05) is 11.5 Å². The fourth-order valence-corrected chi connectivity index (χ4v) is 6.95. The summed E-state index contributed by atoms with van der Waals surface area (Å²) in [5.74, 6) is 3.71. The van der Waals surface area contributed by atoms with Gasteiger partial charge in [0.2, 0.25) is 5.91 Å². The quantitative estimate of drug-likeness (QED) is 0.704. The molecule has 4 fully saturated rings. The first-order valence-corrected chi connectivity index (χ1v) is 10.8. The lowest BCUT2D eigenvalue weighted by atomic mass is 9.48. The summed E-state index contributed by atoms with van der Waals surface area (Å²) in [6, 6.07) is 0. The third-order valence-electron chi connectivity index (χ3n) is 6.67. The molecule has 2 N–H and O–H groups in total.